The second-order valence-corrected chi connectivity index (χ2v) is 7.20. The Kier molecular flexibility index (Phi) is 6.78. The van der Waals surface area contributed by atoms with E-state index in [1.54, 1.807) is 7.11 Å². The Morgan fingerprint density at radius 3 is 2.56 bits per heavy atom. The predicted octanol–water partition coefficient (Wildman–Crippen LogP) is 2.96. The van der Waals surface area contributed by atoms with Crippen LogP contribution in [0.2, 0.25) is 0 Å². The fourth-order valence-electron chi connectivity index (χ4n) is 4.53. The molecule has 0 saturated carbocycles. The van der Waals surface area contributed by atoms with Crippen molar-refractivity contribution < 1.29 is 4.74 Å². The summed E-state index contributed by atoms with van der Waals surface area (Å²) in [7, 11) is 3.85. The lowest BCUT2D eigenvalue weighted by atomic mass is 9.88. The Morgan fingerprint density at radius 2 is 1.85 bits per heavy atom. The molecule has 8 heteroatoms. The minimum Gasteiger partial charge on any atom is -0.481 e. The lowest BCUT2D eigenvalue weighted by Crippen LogP contribution is -2.30. The minimum absolute atomic E-state index is 0. The SMILES string of the molecule is COc1cc(N2C[C@@H]3CN(C)[C@@H](c4ccccc4C)[C@@H]3C2)nc(N)n1.Cl.Cl. The zero-order valence-corrected chi connectivity index (χ0v) is 17.5. The van der Waals surface area contributed by atoms with Gasteiger partial charge in [0.1, 0.15) is 5.82 Å². The lowest BCUT2D eigenvalue weighted by molar-refractivity contribution is 0.279. The van der Waals surface area contributed by atoms with Crippen LogP contribution in [0, 0.1) is 18.8 Å². The Morgan fingerprint density at radius 1 is 1.11 bits per heavy atom. The van der Waals surface area contributed by atoms with Crippen molar-refractivity contribution in [2.75, 3.05) is 44.4 Å². The van der Waals surface area contributed by atoms with Gasteiger partial charge in [-0.3, -0.25) is 4.90 Å². The second-order valence-electron chi connectivity index (χ2n) is 7.20. The number of fused-ring (bicyclic) bond motifs is 1. The number of nitrogens with zero attached hydrogens (tertiary/aromatic N) is 4. The van der Waals surface area contributed by atoms with Crippen molar-refractivity contribution >= 4 is 36.6 Å². The van der Waals surface area contributed by atoms with Gasteiger partial charge in [-0.15, -0.1) is 24.8 Å². The molecule has 1 aromatic heterocycles. The number of hydrogen-bond donors (Lipinski definition) is 1. The van der Waals surface area contributed by atoms with Gasteiger partial charge in [0, 0.05) is 37.7 Å². The number of methoxy groups -OCH3 is 1. The molecular formula is C19H27Cl2N5O. The Labute approximate surface area is 172 Å². The van der Waals surface area contributed by atoms with Crippen LogP contribution in [0.5, 0.6) is 5.88 Å². The molecule has 148 valence electrons. The van der Waals surface area contributed by atoms with Crippen molar-refractivity contribution in [2.45, 2.75) is 13.0 Å². The topological polar surface area (TPSA) is 67.5 Å². The Hall–Kier alpha value is -1.76. The monoisotopic (exact) mass is 411 g/mol. The van der Waals surface area contributed by atoms with Gasteiger partial charge >= 0.3 is 0 Å². The highest BCUT2D eigenvalue weighted by Gasteiger charge is 2.46. The van der Waals surface area contributed by atoms with Crippen LogP contribution in [-0.4, -0.2) is 48.7 Å². The summed E-state index contributed by atoms with van der Waals surface area (Å²) in [6.45, 7) is 5.29. The highest BCUT2D eigenvalue weighted by molar-refractivity contribution is 5.85. The number of benzene rings is 1. The van der Waals surface area contributed by atoms with Gasteiger partial charge in [0.2, 0.25) is 11.8 Å². The highest BCUT2D eigenvalue weighted by atomic mass is 35.5. The molecular weight excluding hydrogens is 385 g/mol. The maximum absolute atomic E-state index is 5.84. The van der Waals surface area contributed by atoms with E-state index in [0.717, 1.165) is 25.5 Å². The first-order chi connectivity index (χ1) is 12.1. The summed E-state index contributed by atoms with van der Waals surface area (Å²) in [5.41, 5.74) is 8.65. The predicted molar refractivity (Wildman–Crippen MR) is 113 cm³/mol. The number of aryl methyl sites for hydroxylation is 1. The molecule has 2 saturated heterocycles. The van der Waals surface area contributed by atoms with E-state index in [0.29, 0.717) is 23.8 Å². The van der Waals surface area contributed by atoms with Gasteiger partial charge in [0.05, 0.1) is 7.11 Å². The van der Waals surface area contributed by atoms with Crippen molar-refractivity contribution in [3.63, 3.8) is 0 Å². The van der Waals surface area contributed by atoms with Crippen LogP contribution < -0.4 is 15.4 Å². The molecule has 2 fully saturated rings. The molecule has 2 aliphatic heterocycles. The minimum atomic E-state index is 0. The number of nitrogens with two attached hydrogens (primary N) is 1. The van der Waals surface area contributed by atoms with Crippen molar-refractivity contribution in [1.82, 2.24) is 14.9 Å². The molecule has 1 aromatic carbocycles. The van der Waals surface area contributed by atoms with Gasteiger partial charge in [-0.25, -0.2) is 0 Å². The Bertz CT molecular complexity index is 790. The fraction of sp³-hybridized carbons (Fsp3) is 0.474. The molecule has 0 aliphatic carbocycles. The van der Waals surface area contributed by atoms with Gasteiger partial charge in [-0.1, -0.05) is 24.3 Å². The number of nitrogen functional groups attached to an aromatic ring is 1. The third-order valence-electron chi connectivity index (χ3n) is 5.64. The van der Waals surface area contributed by atoms with Gasteiger partial charge in [-0.2, -0.15) is 9.97 Å². The van der Waals surface area contributed by atoms with E-state index in [1.807, 2.05) is 6.07 Å². The molecule has 0 bridgehead atoms. The number of anilines is 2. The largest absolute Gasteiger partial charge is 0.481 e. The van der Waals surface area contributed by atoms with E-state index in [1.165, 1.54) is 11.1 Å². The van der Waals surface area contributed by atoms with E-state index in [2.05, 4.69) is 58.0 Å². The van der Waals surface area contributed by atoms with Crippen molar-refractivity contribution in [2.24, 2.45) is 11.8 Å². The molecule has 2 aliphatic rings. The van der Waals surface area contributed by atoms with Crippen LogP contribution in [0.25, 0.3) is 0 Å². The van der Waals surface area contributed by atoms with Crippen LogP contribution in [0.4, 0.5) is 11.8 Å². The zero-order chi connectivity index (χ0) is 17.6. The molecule has 0 unspecified atom stereocenters. The van der Waals surface area contributed by atoms with Crippen LogP contribution in [0.3, 0.4) is 0 Å². The molecule has 0 amide bonds. The van der Waals surface area contributed by atoms with Crippen molar-refractivity contribution in [1.29, 1.82) is 0 Å². The van der Waals surface area contributed by atoms with Crippen LogP contribution in [0.15, 0.2) is 30.3 Å². The van der Waals surface area contributed by atoms with Crippen LogP contribution in [-0.2, 0) is 0 Å². The first kappa shape index (κ1) is 21.5. The standard InChI is InChI=1S/C19H25N5O.2ClH/c1-12-6-4-5-7-14(12)18-15-11-24(10-13(15)9-23(18)2)16-8-17(25-3)22-19(20)21-16;;/h4-8,13,15,18H,9-11H2,1-3H3,(H2,20,21,22);2*1H/t13-,15+,18-;;/m0../s1. The quantitative estimate of drug-likeness (QED) is 0.836. The summed E-state index contributed by atoms with van der Waals surface area (Å²) in [4.78, 5) is 13.3. The van der Waals surface area contributed by atoms with Gasteiger partial charge in [0.15, 0.2) is 0 Å². The smallest absolute Gasteiger partial charge is 0.225 e. The summed E-state index contributed by atoms with van der Waals surface area (Å²) in [6, 6.07) is 11.1. The van der Waals surface area contributed by atoms with Gasteiger partial charge in [-0.05, 0) is 31.0 Å². The maximum Gasteiger partial charge on any atom is 0.225 e. The van der Waals surface area contributed by atoms with Crippen LogP contribution in [0.1, 0.15) is 17.2 Å². The number of ether oxygens (including phenoxy) is 1. The van der Waals surface area contributed by atoms with Crippen molar-refractivity contribution in [3.05, 3.63) is 41.5 Å². The Balaban J connectivity index is 0.00000131. The van der Waals surface area contributed by atoms with Crippen molar-refractivity contribution in [3.8, 4) is 5.88 Å². The third-order valence-corrected chi connectivity index (χ3v) is 5.64. The van der Waals surface area contributed by atoms with E-state index in [4.69, 9.17) is 10.5 Å². The highest BCUT2D eigenvalue weighted by Crippen LogP contribution is 2.45. The second kappa shape index (κ2) is 8.50. The summed E-state index contributed by atoms with van der Waals surface area (Å²) >= 11 is 0. The number of aromatic nitrogens is 2. The molecule has 6 nitrogen and oxygen atoms in total. The van der Waals surface area contributed by atoms with E-state index < -0.39 is 0 Å². The molecule has 2 N–H and O–H groups in total. The normalized spacial score (nSPS) is 24.1. The molecule has 3 atom stereocenters. The number of likely N-dealkylation sites (tertiary alicyclic amines) is 1. The average Bonchev–Trinajstić information content (AvgIpc) is 3.12. The molecule has 4 rings (SSSR count). The number of hydrogen-bond acceptors (Lipinski definition) is 6. The zero-order valence-electron chi connectivity index (χ0n) is 15.8. The van der Waals surface area contributed by atoms with Gasteiger partial charge in [0.25, 0.3) is 0 Å². The fourth-order valence-corrected chi connectivity index (χ4v) is 4.53. The van der Waals surface area contributed by atoms with Gasteiger partial charge < -0.3 is 15.4 Å². The number of halogens is 2. The first-order valence-corrected chi connectivity index (χ1v) is 8.76. The average molecular weight is 412 g/mol. The van der Waals surface area contributed by atoms with E-state index in [-0.39, 0.29) is 30.8 Å². The molecule has 2 aromatic rings. The molecule has 3 heterocycles. The molecule has 27 heavy (non-hydrogen) atoms. The van der Waals surface area contributed by atoms with E-state index in [9.17, 15) is 0 Å². The number of rotatable bonds is 3. The molecule has 0 spiro atoms. The third kappa shape index (κ3) is 3.93. The summed E-state index contributed by atoms with van der Waals surface area (Å²) in [5, 5.41) is 0. The van der Waals surface area contributed by atoms with E-state index >= 15 is 0 Å². The lowest BCUT2D eigenvalue weighted by Gasteiger charge is -2.28. The summed E-state index contributed by atoms with van der Waals surface area (Å²) in [6.07, 6.45) is 0. The summed E-state index contributed by atoms with van der Waals surface area (Å²) < 4.78 is 5.25. The first-order valence-electron chi connectivity index (χ1n) is 8.76. The molecule has 0 radical (unpaired) electrons. The maximum atomic E-state index is 5.84. The summed E-state index contributed by atoms with van der Waals surface area (Å²) in [5.74, 6) is 2.88. The van der Waals surface area contributed by atoms with Crippen LogP contribution >= 0.6 is 24.8 Å².